The second kappa shape index (κ2) is 7.10. The molecular formula is C15H15N5O2S. The molecule has 0 unspecified atom stereocenters. The monoisotopic (exact) mass is 329 g/mol. The summed E-state index contributed by atoms with van der Waals surface area (Å²) in [6.45, 7) is 2.36. The van der Waals surface area contributed by atoms with Crippen LogP contribution < -0.4 is 5.32 Å². The number of aryl methyl sites for hydroxylation is 1. The van der Waals surface area contributed by atoms with Gasteiger partial charge in [-0.1, -0.05) is 46.7 Å². The van der Waals surface area contributed by atoms with Gasteiger partial charge in [-0.05, 0) is 6.92 Å². The highest BCUT2D eigenvalue weighted by Gasteiger charge is 2.09. The van der Waals surface area contributed by atoms with Crippen LogP contribution in [0.3, 0.4) is 0 Å². The van der Waals surface area contributed by atoms with E-state index < -0.39 is 0 Å². The summed E-state index contributed by atoms with van der Waals surface area (Å²) in [6.07, 6.45) is 1.57. The summed E-state index contributed by atoms with van der Waals surface area (Å²) in [5, 5.41) is 17.5. The number of amides is 1. The van der Waals surface area contributed by atoms with Crippen molar-refractivity contribution in [3.63, 3.8) is 0 Å². The van der Waals surface area contributed by atoms with Gasteiger partial charge in [-0.25, -0.2) is 0 Å². The van der Waals surface area contributed by atoms with E-state index in [1.165, 1.54) is 17.3 Å². The number of benzene rings is 1. The van der Waals surface area contributed by atoms with Gasteiger partial charge in [-0.15, -0.1) is 5.10 Å². The molecule has 0 atom stereocenters. The van der Waals surface area contributed by atoms with Crippen LogP contribution in [0.5, 0.6) is 0 Å². The quantitative estimate of drug-likeness (QED) is 0.673. The number of hydrogen-bond donors (Lipinski definition) is 2. The van der Waals surface area contributed by atoms with Crippen LogP contribution in [0.2, 0.25) is 0 Å². The van der Waals surface area contributed by atoms with Crippen LogP contribution in [0.4, 0.5) is 0 Å². The Hall–Kier alpha value is -2.61. The number of nitrogens with one attached hydrogen (secondary N) is 2. The van der Waals surface area contributed by atoms with Crippen molar-refractivity contribution in [2.24, 2.45) is 0 Å². The molecule has 2 N–H and O–H groups in total. The molecule has 0 saturated carbocycles. The van der Waals surface area contributed by atoms with Crippen LogP contribution in [-0.2, 0) is 11.3 Å². The molecule has 3 aromatic rings. The largest absolute Gasteiger partial charge is 0.356 e. The average molecular weight is 329 g/mol. The zero-order chi connectivity index (χ0) is 16.1. The molecule has 1 amide bonds. The molecule has 1 aromatic carbocycles. The standard InChI is InChI=1S/C15H15N5O2S/c1-10-2-4-11(5-3-10)13-6-12(19-22-13)7-16-14(21)9-23-15-8-17-20-18-15/h2-6,8H,7,9H2,1H3,(H,16,21)(H,17,18,20). The van der Waals surface area contributed by atoms with Gasteiger partial charge in [0.15, 0.2) is 5.76 Å². The topological polar surface area (TPSA) is 96.7 Å². The molecule has 7 nitrogen and oxygen atoms in total. The average Bonchev–Trinajstić information content (AvgIpc) is 3.23. The van der Waals surface area contributed by atoms with Crippen LogP contribution >= 0.6 is 11.8 Å². The number of aromatic amines is 1. The Bertz CT molecular complexity index is 768. The number of carbonyl (C=O) groups excluding carboxylic acids is 1. The molecule has 3 rings (SSSR count). The molecule has 0 radical (unpaired) electrons. The highest BCUT2D eigenvalue weighted by atomic mass is 32.2. The second-order valence-electron chi connectivity index (χ2n) is 4.92. The van der Waals surface area contributed by atoms with E-state index in [2.05, 4.69) is 25.9 Å². The van der Waals surface area contributed by atoms with E-state index in [-0.39, 0.29) is 11.7 Å². The number of thioether (sulfide) groups is 1. The van der Waals surface area contributed by atoms with Gasteiger partial charge in [0.25, 0.3) is 0 Å². The van der Waals surface area contributed by atoms with Crippen molar-refractivity contribution in [2.45, 2.75) is 18.5 Å². The fourth-order valence-corrected chi connectivity index (χ4v) is 2.50. The number of H-pyrrole nitrogens is 1. The molecule has 0 aliphatic heterocycles. The lowest BCUT2D eigenvalue weighted by molar-refractivity contribution is -0.118. The van der Waals surface area contributed by atoms with Gasteiger partial charge in [0.1, 0.15) is 10.7 Å². The maximum Gasteiger partial charge on any atom is 0.230 e. The van der Waals surface area contributed by atoms with Gasteiger partial charge in [-0.2, -0.15) is 10.3 Å². The molecule has 0 spiro atoms. The van der Waals surface area contributed by atoms with Crippen molar-refractivity contribution in [1.29, 1.82) is 0 Å². The van der Waals surface area contributed by atoms with Gasteiger partial charge in [-0.3, -0.25) is 4.79 Å². The van der Waals surface area contributed by atoms with Gasteiger partial charge in [0.05, 0.1) is 18.5 Å². The van der Waals surface area contributed by atoms with Gasteiger partial charge >= 0.3 is 0 Å². The minimum atomic E-state index is -0.0992. The van der Waals surface area contributed by atoms with Crippen molar-refractivity contribution in [1.82, 2.24) is 25.9 Å². The van der Waals surface area contributed by atoms with Gasteiger partial charge < -0.3 is 9.84 Å². The Balaban J connectivity index is 1.50. The number of carbonyl (C=O) groups is 1. The van der Waals surface area contributed by atoms with Crippen LogP contribution in [0.15, 0.2) is 46.1 Å². The summed E-state index contributed by atoms with van der Waals surface area (Å²) in [4.78, 5) is 11.8. The molecule has 118 valence electrons. The summed E-state index contributed by atoms with van der Waals surface area (Å²) in [5.74, 6) is 0.860. The fourth-order valence-electron chi connectivity index (χ4n) is 1.89. The predicted molar refractivity (Wildman–Crippen MR) is 85.6 cm³/mol. The Morgan fingerprint density at radius 2 is 2.17 bits per heavy atom. The first-order valence-corrected chi connectivity index (χ1v) is 7.97. The van der Waals surface area contributed by atoms with E-state index in [0.717, 1.165) is 5.56 Å². The van der Waals surface area contributed by atoms with E-state index in [1.54, 1.807) is 6.20 Å². The minimum absolute atomic E-state index is 0.0992. The minimum Gasteiger partial charge on any atom is -0.356 e. The molecular weight excluding hydrogens is 314 g/mol. The normalized spacial score (nSPS) is 10.7. The molecule has 0 saturated heterocycles. The highest BCUT2D eigenvalue weighted by Crippen LogP contribution is 2.20. The highest BCUT2D eigenvalue weighted by molar-refractivity contribution is 7.99. The molecule has 0 aliphatic rings. The summed E-state index contributed by atoms with van der Waals surface area (Å²) < 4.78 is 5.31. The van der Waals surface area contributed by atoms with E-state index >= 15 is 0 Å². The smallest absolute Gasteiger partial charge is 0.230 e. The van der Waals surface area contributed by atoms with Crippen LogP contribution in [0, 0.1) is 6.92 Å². The number of rotatable bonds is 6. The second-order valence-corrected chi connectivity index (χ2v) is 5.92. The maximum absolute atomic E-state index is 11.8. The Morgan fingerprint density at radius 3 is 2.91 bits per heavy atom. The molecule has 0 bridgehead atoms. The zero-order valence-electron chi connectivity index (χ0n) is 12.4. The Morgan fingerprint density at radius 1 is 1.35 bits per heavy atom. The van der Waals surface area contributed by atoms with Crippen molar-refractivity contribution in [2.75, 3.05) is 5.75 Å². The molecule has 8 heteroatoms. The van der Waals surface area contributed by atoms with Gasteiger partial charge in [0.2, 0.25) is 5.91 Å². The van der Waals surface area contributed by atoms with Crippen LogP contribution in [-0.4, -0.2) is 32.2 Å². The maximum atomic E-state index is 11.8. The summed E-state index contributed by atoms with van der Waals surface area (Å²) >= 11 is 1.31. The third kappa shape index (κ3) is 4.19. The Kier molecular flexibility index (Phi) is 4.72. The van der Waals surface area contributed by atoms with E-state index in [0.29, 0.717) is 23.0 Å². The van der Waals surface area contributed by atoms with Crippen molar-refractivity contribution < 1.29 is 9.32 Å². The number of aromatic nitrogens is 4. The first-order valence-electron chi connectivity index (χ1n) is 6.98. The lowest BCUT2D eigenvalue weighted by atomic mass is 10.1. The number of hydrogen-bond acceptors (Lipinski definition) is 6. The van der Waals surface area contributed by atoms with Crippen LogP contribution in [0.25, 0.3) is 11.3 Å². The summed E-state index contributed by atoms with van der Waals surface area (Å²) in [6, 6.07) is 9.82. The predicted octanol–water partition coefficient (Wildman–Crippen LogP) is 2.18. The molecule has 2 heterocycles. The van der Waals surface area contributed by atoms with E-state index in [4.69, 9.17) is 4.52 Å². The molecule has 23 heavy (non-hydrogen) atoms. The molecule has 2 aromatic heterocycles. The summed E-state index contributed by atoms with van der Waals surface area (Å²) in [7, 11) is 0. The van der Waals surface area contributed by atoms with Crippen molar-refractivity contribution in [3.05, 3.63) is 47.8 Å². The van der Waals surface area contributed by atoms with E-state index in [1.807, 2.05) is 37.3 Å². The number of nitrogens with zero attached hydrogens (tertiary/aromatic N) is 3. The lowest BCUT2D eigenvalue weighted by Gasteiger charge is -2.00. The van der Waals surface area contributed by atoms with Gasteiger partial charge in [0, 0.05) is 11.6 Å². The lowest BCUT2D eigenvalue weighted by Crippen LogP contribution is -2.24. The first kappa shape index (κ1) is 15.3. The summed E-state index contributed by atoms with van der Waals surface area (Å²) in [5.41, 5.74) is 2.83. The third-order valence-electron chi connectivity index (χ3n) is 3.11. The third-order valence-corrected chi connectivity index (χ3v) is 4.00. The Labute approximate surface area is 136 Å². The zero-order valence-corrected chi connectivity index (χ0v) is 13.3. The molecule has 0 aliphatic carbocycles. The van der Waals surface area contributed by atoms with Crippen molar-refractivity contribution in [3.8, 4) is 11.3 Å². The first-order chi connectivity index (χ1) is 11.2. The fraction of sp³-hybridized carbons (Fsp3) is 0.200. The molecule has 0 fully saturated rings. The van der Waals surface area contributed by atoms with Crippen LogP contribution in [0.1, 0.15) is 11.3 Å². The van der Waals surface area contributed by atoms with E-state index in [9.17, 15) is 4.79 Å². The van der Waals surface area contributed by atoms with Crippen molar-refractivity contribution >= 4 is 17.7 Å². The SMILES string of the molecule is Cc1ccc(-c2cc(CNC(=O)CSc3cn[nH]n3)no2)cc1.